The summed E-state index contributed by atoms with van der Waals surface area (Å²) >= 11 is 0. The third-order valence-corrected chi connectivity index (χ3v) is 3.74. The smallest absolute Gasteiger partial charge is 0.137 e. The number of rotatable bonds is 3. The Morgan fingerprint density at radius 1 is 1.42 bits per heavy atom. The van der Waals surface area contributed by atoms with Crippen LogP contribution in [0.3, 0.4) is 0 Å². The van der Waals surface area contributed by atoms with Gasteiger partial charge in [0.2, 0.25) is 0 Å². The van der Waals surface area contributed by atoms with Gasteiger partial charge in [-0.1, -0.05) is 6.07 Å². The minimum absolute atomic E-state index is 0.0308. The van der Waals surface area contributed by atoms with E-state index in [0.717, 1.165) is 6.07 Å². The van der Waals surface area contributed by atoms with Gasteiger partial charge in [-0.3, -0.25) is 4.99 Å². The standard InChI is InChI=1S/C13H15F2N3O/c1-8-13(19-8,6-18-9(2)16-7-17-18)11-4-3-10(14)5-12(11)15/h3-5,7-9H,6H2,1-2H3,(H,16,17)/t8-,9?,13+/m0/s1. The first kappa shape index (κ1) is 12.5. The van der Waals surface area contributed by atoms with Gasteiger partial charge in [0.25, 0.3) is 0 Å². The summed E-state index contributed by atoms with van der Waals surface area (Å²) in [5, 5.41) is 1.87. The van der Waals surface area contributed by atoms with E-state index in [9.17, 15) is 8.78 Å². The summed E-state index contributed by atoms with van der Waals surface area (Å²) in [5.74, 6) is -1.15. The van der Waals surface area contributed by atoms with Gasteiger partial charge >= 0.3 is 0 Å². The predicted molar refractivity (Wildman–Crippen MR) is 66.4 cm³/mol. The van der Waals surface area contributed by atoms with Crippen molar-refractivity contribution in [3.05, 3.63) is 35.4 Å². The van der Waals surface area contributed by atoms with Crippen LogP contribution in [0.1, 0.15) is 19.4 Å². The maximum atomic E-state index is 13.9. The van der Waals surface area contributed by atoms with E-state index in [1.54, 1.807) is 6.34 Å². The zero-order chi connectivity index (χ0) is 13.6. The van der Waals surface area contributed by atoms with Crippen LogP contribution in [0.15, 0.2) is 23.2 Å². The van der Waals surface area contributed by atoms with Crippen LogP contribution in [-0.4, -0.2) is 30.2 Å². The summed E-state index contributed by atoms with van der Waals surface area (Å²) in [5.41, 5.74) is 2.65. The minimum Gasteiger partial charge on any atom is -0.360 e. The molecule has 102 valence electrons. The van der Waals surface area contributed by atoms with Gasteiger partial charge in [0.05, 0.1) is 19.0 Å². The number of epoxide rings is 1. The van der Waals surface area contributed by atoms with E-state index in [0.29, 0.717) is 12.1 Å². The highest BCUT2D eigenvalue weighted by atomic mass is 19.1. The summed E-state index contributed by atoms with van der Waals surface area (Å²) in [6, 6.07) is 3.60. The zero-order valence-electron chi connectivity index (χ0n) is 10.7. The summed E-state index contributed by atoms with van der Waals surface area (Å²) in [6.45, 7) is 4.26. The molecule has 1 aromatic carbocycles. The number of hydrogen-bond donors (Lipinski definition) is 1. The van der Waals surface area contributed by atoms with Crippen LogP contribution in [0.25, 0.3) is 0 Å². The summed E-state index contributed by atoms with van der Waals surface area (Å²) in [4.78, 5) is 4.17. The van der Waals surface area contributed by atoms with Crippen molar-refractivity contribution in [1.29, 1.82) is 0 Å². The fourth-order valence-corrected chi connectivity index (χ4v) is 2.48. The molecule has 2 aliphatic heterocycles. The third-order valence-electron chi connectivity index (χ3n) is 3.74. The first-order valence-electron chi connectivity index (χ1n) is 6.21. The number of nitrogens with zero attached hydrogens (tertiary/aromatic N) is 2. The normalized spacial score (nSPS) is 33.5. The van der Waals surface area contributed by atoms with E-state index in [2.05, 4.69) is 10.4 Å². The molecule has 1 N–H and O–H groups in total. The van der Waals surface area contributed by atoms with Crippen LogP contribution >= 0.6 is 0 Å². The molecule has 2 heterocycles. The second-order valence-corrected chi connectivity index (χ2v) is 4.94. The molecule has 2 aliphatic rings. The highest BCUT2D eigenvalue weighted by Gasteiger charge is 2.57. The maximum Gasteiger partial charge on any atom is 0.137 e. The van der Waals surface area contributed by atoms with Crippen molar-refractivity contribution in [2.45, 2.75) is 31.7 Å². The molecular weight excluding hydrogens is 252 g/mol. The van der Waals surface area contributed by atoms with Crippen molar-refractivity contribution in [2.75, 3.05) is 6.54 Å². The van der Waals surface area contributed by atoms with E-state index in [-0.39, 0.29) is 12.3 Å². The lowest BCUT2D eigenvalue weighted by atomic mass is 9.94. The Bertz CT molecular complexity index is 537. The molecule has 1 aromatic rings. The van der Waals surface area contributed by atoms with Crippen LogP contribution in [0, 0.1) is 11.6 Å². The van der Waals surface area contributed by atoms with Crippen molar-refractivity contribution in [3.8, 4) is 0 Å². The quantitative estimate of drug-likeness (QED) is 0.849. The van der Waals surface area contributed by atoms with Crippen LogP contribution in [-0.2, 0) is 10.3 Å². The summed E-state index contributed by atoms with van der Waals surface area (Å²) < 4.78 is 32.6. The summed E-state index contributed by atoms with van der Waals surface area (Å²) in [7, 11) is 0. The van der Waals surface area contributed by atoms with Gasteiger partial charge in [-0.15, -0.1) is 0 Å². The number of aliphatic imine (C=N–C) groups is 1. The molecule has 0 bridgehead atoms. The van der Waals surface area contributed by atoms with Gasteiger partial charge in [0, 0.05) is 11.6 Å². The number of nitrogens with one attached hydrogen (secondary N) is 1. The first-order chi connectivity index (χ1) is 9.03. The number of ether oxygens (including phenoxy) is 1. The van der Waals surface area contributed by atoms with Crippen LogP contribution in [0.4, 0.5) is 8.78 Å². The predicted octanol–water partition coefficient (Wildman–Crippen LogP) is 1.77. The van der Waals surface area contributed by atoms with Crippen molar-refractivity contribution in [3.63, 3.8) is 0 Å². The molecule has 1 saturated heterocycles. The Balaban J connectivity index is 1.87. The highest BCUT2D eigenvalue weighted by Crippen LogP contribution is 2.47. The number of halogens is 2. The molecule has 0 aromatic heterocycles. The molecule has 0 aliphatic carbocycles. The lowest BCUT2D eigenvalue weighted by molar-refractivity contribution is 0.138. The Hall–Kier alpha value is -1.53. The molecule has 19 heavy (non-hydrogen) atoms. The minimum atomic E-state index is -0.729. The molecule has 3 atom stereocenters. The molecule has 4 nitrogen and oxygen atoms in total. The fourth-order valence-electron chi connectivity index (χ4n) is 2.48. The molecular formula is C13H15F2N3O. The molecule has 0 saturated carbocycles. The Kier molecular flexibility index (Phi) is 2.79. The monoisotopic (exact) mass is 267 g/mol. The molecule has 3 rings (SSSR count). The van der Waals surface area contributed by atoms with Crippen LogP contribution in [0.5, 0.6) is 0 Å². The molecule has 1 fully saturated rings. The second-order valence-electron chi connectivity index (χ2n) is 4.94. The van der Waals surface area contributed by atoms with Crippen molar-refractivity contribution in [2.24, 2.45) is 4.99 Å². The number of hydrogen-bond acceptors (Lipinski definition) is 4. The van der Waals surface area contributed by atoms with E-state index >= 15 is 0 Å². The fraction of sp³-hybridized carbons (Fsp3) is 0.462. The molecule has 6 heteroatoms. The second kappa shape index (κ2) is 4.25. The van der Waals surface area contributed by atoms with Gasteiger partial charge in [-0.05, 0) is 19.9 Å². The van der Waals surface area contributed by atoms with Crippen molar-refractivity contribution in [1.82, 2.24) is 10.4 Å². The molecule has 1 unspecified atom stereocenters. The van der Waals surface area contributed by atoms with Gasteiger partial charge in [0.1, 0.15) is 23.4 Å². The third kappa shape index (κ3) is 2.01. The van der Waals surface area contributed by atoms with E-state index in [1.807, 2.05) is 18.9 Å². The van der Waals surface area contributed by atoms with Gasteiger partial charge in [-0.2, -0.15) is 5.01 Å². The topological polar surface area (TPSA) is 40.2 Å². The van der Waals surface area contributed by atoms with Crippen LogP contribution < -0.4 is 5.43 Å². The number of benzene rings is 1. The molecule has 0 amide bonds. The average Bonchev–Trinajstić information content (AvgIpc) is 2.80. The lowest BCUT2D eigenvalue weighted by Gasteiger charge is -2.24. The lowest BCUT2D eigenvalue weighted by Crippen LogP contribution is -2.43. The van der Waals surface area contributed by atoms with E-state index in [4.69, 9.17) is 4.74 Å². The van der Waals surface area contributed by atoms with Crippen molar-refractivity contribution >= 4 is 6.34 Å². The zero-order valence-corrected chi connectivity index (χ0v) is 10.7. The van der Waals surface area contributed by atoms with Gasteiger partial charge < -0.3 is 10.2 Å². The largest absolute Gasteiger partial charge is 0.360 e. The number of hydrazine groups is 1. The molecule has 0 radical (unpaired) electrons. The van der Waals surface area contributed by atoms with Crippen LogP contribution in [0.2, 0.25) is 0 Å². The first-order valence-corrected chi connectivity index (χ1v) is 6.21. The SMILES string of the molecule is CC1N=CNN1C[C@@]1(c2ccc(F)cc2F)O[C@H]1C. The van der Waals surface area contributed by atoms with Gasteiger partial charge in [0.15, 0.2) is 0 Å². The Morgan fingerprint density at radius 2 is 2.16 bits per heavy atom. The maximum absolute atomic E-state index is 13.9. The highest BCUT2D eigenvalue weighted by molar-refractivity contribution is 5.55. The Morgan fingerprint density at radius 3 is 2.68 bits per heavy atom. The van der Waals surface area contributed by atoms with Gasteiger partial charge in [-0.25, -0.2) is 8.78 Å². The average molecular weight is 267 g/mol. The van der Waals surface area contributed by atoms with E-state index in [1.165, 1.54) is 12.1 Å². The Labute approximate surface area is 110 Å². The van der Waals surface area contributed by atoms with Crippen molar-refractivity contribution < 1.29 is 13.5 Å². The molecule has 0 spiro atoms. The summed E-state index contributed by atoms with van der Waals surface area (Å²) in [6.07, 6.45) is 1.46. The van der Waals surface area contributed by atoms with E-state index < -0.39 is 17.2 Å².